The van der Waals surface area contributed by atoms with E-state index in [1.807, 2.05) is 13.8 Å². The summed E-state index contributed by atoms with van der Waals surface area (Å²) in [4.78, 5) is 13.8. The zero-order valence-corrected chi connectivity index (χ0v) is 16.5. The van der Waals surface area contributed by atoms with Crippen LogP contribution >= 0.6 is 0 Å². The lowest BCUT2D eigenvalue weighted by atomic mass is 10.2. The number of carbonyl (C=O) groups is 1. The summed E-state index contributed by atoms with van der Waals surface area (Å²) >= 11 is 0. The topological polar surface area (TPSA) is 75.7 Å². The van der Waals surface area contributed by atoms with E-state index in [2.05, 4.69) is 4.72 Å². The van der Waals surface area contributed by atoms with Gasteiger partial charge in [0.1, 0.15) is 5.75 Å². The molecule has 1 N–H and O–H groups in total. The van der Waals surface area contributed by atoms with Crippen molar-refractivity contribution >= 4 is 27.3 Å². The van der Waals surface area contributed by atoms with Crippen LogP contribution in [0, 0.1) is 6.92 Å². The second kappa shape index (κ2) is 7.60. The zero-order valence-electron chi connectivity index (χ0n) is 15.7. The number of hydrogen-bond donors (Lipinski definition) is 1. The maximum absolute atomic E-state index is 12.8. The third-order valence-corrected chi connectivity index (χ3v) is 5.85. The summed E-state index contributed by atoms with van der Waals surface area (Å²) in [5.41, 5.74) is 1.80. The number of amides is 1. The highest BCUT2D eigenvalue weighted by Gasteiger charge is 2.24. The van der Waals surface area contributed by atoms with Crippen molar-refractivity contribution in [2.24, 2.45) is 0 Å². The molecule has 1 fully saturated rings. The van der Waals surface area contributed by atoms with Crippen LogP contribution in [0.5, 0.6) is 5.75 Å². The van der Waals surface area contributed by atoms with Crippen LogP contribution < -0.4 is 14.4 Å². The van der Waals surface area contributed by atoms with Gasteiger partial charge in [0.2, 0.25) is 5.91 Å². The highest BCUT2D eigenvalue weighted by molar-refractivity contribution is 7.92. The van der Waals surface area contributed by atoms with Gasteiger partial charge in [-0.15, -0.1) is 0 Å². The first-order valence-electron chi connectivity index (χ1n) is 8.97. The van der Waals surface area contributed by atoms with Gasteiger partial charge in [-0.1, -0.05) is 0 Å². The van der Waals surface area contributed by atoms with Gasteiger partial charge in [-0.05, 0) is 75.2 Å². The number of carbonyl (C=O) groups excluding carboxylic acids is 1. The number of aryl methyl sites for hydroxylation is 1. The van der Waals surface area contributed by atoms with E-state index in [-0.39, 0.29) is 16.9 Å². The van der Waals surface area contributed by atoms with Gasteiger partial charge in [0.15, 0.2) is 0 Å². The van der Waals surface area contributed by atoms with Crippen LogP contribution in [-0.4, -0.2) is 27.0 Å². The molecule has 0 aromatic heterocycles. The number of hydrogen-bond acceptors (Lipinski definition) is 4. The normalized spacial score (nSPS) is 14.7. The van der Waals surface area contributed by atoms with Gasteiger partial charge in [0.05, 0.1) is 11.0 Å². The number of sulfonamides is 1. The van der Waals surface area contributed by atoms with Gasteiger partial charge in [-0.2, -0.15) is 0 Å². The molecule has 0 spiro atoms. The molecular weight excluding hydrogens is 364 g/mol. The molecule has 0 bridgehead atoms. The van der Waals surface area contributed by atoms with Crippen molar-refractivity contribution in [1.29, 1.82) is 0 Å². The second-order valence-corrected chi connectivity index (χ2v) is 8.55. The summed E-state index contributed by atoms with van der Waals surface area (Å²) in [6.45, 7) is 6.27. The SMILES string of the molecule is Cc1cc(N2CCCC2=O)ccc1S(=O)(=O)Nc1ccc(OC(C)C)cc1. The maximum Gasteiger partial charge on any atom is 0.262 e. The average Bonchev–Trinajstić information content (AvgIpc) is 3.01. The minimum absolute atomic E-state index is 0.0520. The predicted octanol–water partition coefficient (Wildman–Crippen LogP) is 3.71. The fourth-order valence-electron chi connectivity index (χ4n) is 3.11. The number of anilines is 2. The van der Waals surface area contributed by atoms with E-state index in [0.717, 1.165) is 12.1 Å². The molecular formula is C20H24N2O4S. The van der Waals surface area contributed by atoms with Gasteiger partial charge < -0.3 is 9.64 Å². The van der Waals surface area contributed by atoms with Crippen LogP contribution in [0.25, 0.3) is 0 Å². The molecule has 1 heterocycles. The van der Waals surface area contributed by atoms with Crippen molar-refractivity contribution in [3.05, 3.63) is 48.0 Å². The van der Waals surface area contributed by atoms with Crippen LogP contribution in [0.2, 0.25) is 0 Å². The number of rotatable bonds is 6. The Morgan fingerprint density at radius 2 is 1.81 bits per heavy atom. The van der Waals surface area contributed by atoms with Crippen LogP contribution in [0.4, 0.5) is 11.4 Å². The molecule has 1 aliphatic rings. The maximum atomic E-state index is 12.8. The minimum Gasteiger partial charge on any atom is -0.491 e. The van der Waals surface area contributed by atoms with E-state index < -0.39 is 10.0 Å². The summed E-state index contributed by atoms with van der Waals surface area (Å²) in [7, 11) is -3.73. The summed E-state index contributed by atoms with van der Waals surface area (Å²) in [6, 6.07) is 11.8. The summed E-state index contributed by atoms with van der Waals surface area (Å²) in [5.74, 6) is 0.760. The fraction of sp³-hybridized carbons (Fsp3) is 0.350. The standard InChI is InChI=1S/C20H24N2O4S/c1-14(2)26-18-9-6-16(7-10-18)21-27(24,25)19-11-8-17(13-15(19)3)22-12-4-5-20(22)23/h6-11,13-14,21H,4-5,12H2,1-3H3. The molecule has 0 aliphatic carbocycles. The lowest BCUT2D eigenvalue weighted by Gasteiger charge is -2.18. The molecule has 0 saturated carbocycles. The largest absolute Gasteiger partial charge is 0.491 e. The Morgan fingerprint density at radius 1 is 1.11 bits per heavy atom. The fourth-order valence-corrected chi connectivity index (χ4v) is 4.39. The van der Waals surface area contributed by atoms with Crippen LogP contribution in [0.15, 0.2) is 47.4 Å². The van der Waals surface area contributed by atoms with E-state index in [1.165, 1.54) is 0 Å². The van der Waals surface area contributed by atoms with Crippen molar-refractivity contribution in [3.8, 4) is 5.75 Å². The quantitative estimate of drug-likeness (QED) is 0.818. The molecule has 2 aromatic carbocycles. The van der Waals surface area contributed by atoms with E-state index in [1.54, 1.807) is 54.3 Å². The lowest BCUT2D eigenvalue weighted by molar-refractivity contribution is -0.117. The first-order chi connectivity index (χ1) is 12.8. The van der Waals surface area contributed by atoms with Gasteiger partial charge in [0, 0.05) is 24.3 Å². The Labute approximate surface area is 160 Å². The van der Waals surface area contributed by atoms with Gasteiger partial charge in [-0.25, -0.2) is 8.42 Å². The van der Waals surface area contributed by atoms with Crippen LogP contribution in [-0.2, 0) is 14.8 Å². The van der Waals surface area contributed by atoms with Crippen LogP contribution in [0.3, 0.4) is 0 Å². The van der Waals surface area contributed by atoms with Gasteiger partial charge in [0.25, 0.3) is 10.0 Å². The van der Waals surface area contributed by atoms with Crippen molar-refractivity contribution in [3.63, 3.8) is 0 Å². The van der Waals surface area contributed by atoms with E-state index in [4.69, 9.17) is 4.74 Å². The van der Waals surface area contributed by atoms with Crippen molar-refractivity contribution < 1.29 is 17.9 Å². The lowest BCUT2D eigenvalue weighted by Crippen LogP contribution is -2.24. The predicted molar refractivity (Wildman–Crippen MR) is 106 cm³/mol. The highest BCUT2D eigenvalue weighted by Crippen LogP contribution is 2.27. The number of nitrogens with zero attached hydrogens (tertiary/aromatic N) is 1. The Bertz CT molecular complexity index is 937. The van der Waals surface area contributed by atoms with Crippen LogP contribution in [0.1, 0.15) is 32.3 Å². The third-order valence-electron chi connectivity index (χ3n) is 4.31. The number of benzene rings is 2. The minimum atomic E-state index is -3.73. The van der Waals surface area contributed by atoms with Gasteiger partial charge in [-0.3, -0.25) is 9.52 Å². The summed E-state index contributed by atoms with van der Waals surface area (Å²) in [6.07, 6.45) is 1.42. The number of nitrogens with one attached hydrogen (secondary N) is 1. The molecule has 0 radical (unpaired) electrons. The third kappa shape index (κ3) is 4.42. The average molecular weight is 388 g/mol. The van der Waals surface area contributed by atoms with E-state index in [0.29, 0.717) is 30.0 Å². The molecule has 7 heteroatoms. The Kier molecular flexibility index (Phi) is 5.41. The Morgan fingerprint density at radius 3 is 2.37 bits per heavy atom. The first-order valence-corrected chi connectivity index (χ1v) is 10.4. The number of ether oxygens (including phenoxy) is 1. The summed E-state index contributed by atoms with van der Waals surface area (Å²) in [5, 5.41) is 0. The van der Waals surface area contributed by atoms with Crippen molar-refractivity contribution in [1.82, 2.24) is 0 Å². The monoisotopic (exact) mass is 388 g/mol. The molecule has 0 unspecified atom stereocenters. The Hall–Kier alpha value is -2.54. The molecule has 1 amide bonds. The first kappa shape index (κ1) is 19.2. The molecule has 144 valence electrons. The summed E-state index contributed by atoms with van der Waals surface area (Å²) < 4.78 is 33.7. The van der Waals surface area contributed by atoms with Crippen molar-refractivity contribution in [2.75, 3.05) is 16.2 Å². The molecule has 1 saturated heterocycles. The molecule has 1 aliphatic heterocycles. The second-order valence-electron chi connectivity index (χ2n) is 6.90. The molecule has 3 rings (SSSR count). The highest BCUT2D eigenvalue weighted by atomic mass is 32.2. The molecule has 6 nitrogen and oxygen atoms in total. The smallest absolute Gasteiger partial charge is 0.262 e. The zero-order chi connectivity index (χ0) is 19.6. The molecule has 0 atom stereocenters. The van der Waals surface area contributed by atoms with E-state index in [9.17, 15) is 13.2 Å². The van der Waals surface area contributed by atoms with Gasteiger partial charge >= 0.3 is 0 Å². The molecule has 2 aromatic rings. The Balaban J connectivity index is 1.79. The van der Waals surface area contributed by atoms with E-state index >= 15 is 0 Å². The molecule has 27 heavy (non-hydrogen) atoms. The van der Waals surface area contributed by atoms with Crippen molar-refractivity contribution in [2.45, 2.75) is 44.6 Å².